The lowest BCUT2D eigenvalue weighted by Gasteiger charge is -2.39. The van der Waals surface area contributed by atoms with E-state index in [-0.39, 0.29) is 35.6 Å². The van der Waals surface area contributed by atoms with Gasteiger partial charge >= 0.3 is 0 Å². The Labute approximate surface area is 284 Å². The molecule has 0 aliphatic carbocycles. The van der Waals surface area contributed by atoms with E-state index in [1.54, 1.807) is 22.0 Å². The van der Waals surface area contributed by atoms with Gasteiger partial charge in [-0.3, -0.25) is 14.4 Å². The predicted molar refractivity (Wildman–Crippen MR) is 183 cm³/mol. The monoisotopic (exact) mass is 697 g/mol. The topological polar surface area (TPSA) is 90.4 Å². The predicted octanol–water partition coefficient (Wildman–Crippen LogP) is 4.90. The zero-order valence-corrected chi connectivity index (χ0v) is 27.8. The summed E-state index contributed by atoms with van der Waals surface area (Å²) in [5.41, 5.74) is 1.30. The highest BCUT2D eigenvalue weighted by molar-refractivity contribution is 9.09. The van der Waals surface area contributed by atoms with E-state index in [2.05, 4.69) is 29.1 Å². The average Bonchev–Trinajstić information content (AvgIpc) is 3.69. The van der Waals surface area contributed by atoms with Crippen LogP contribution in [0.25, 0.3) is 0 Å². The molecule has 1 N–H and O–H groups in total. The Balaban J connectivity index is 1.44. The number of carbonyl (C=O) groups is 3. The van der Waals surface area contributed by atoms with Gasteiger partial charge in [0.1, 0.15) is 11.6 Å². The minimum atomic E-state index is -1.28. The minimum Gasteiger partial charge on any atom is -0.394 e. The highest BCUT2D eigenvalue weighted by Gasteiger charge is 2.77. The molecule has 3 heterocycles. The molecule has 3 unspecified atom stereocenters. The molecule has 1 spiro atoms. The van der Waals surface area contributed by atoms with Crippen LogP contribution in [0.5, 0.6) is 0 Å². The van der Waals surface area contributed by atoms with Crippen molar-refractivity contribution in [2.24, 2.45) is 11.8 Å². The van der Waals surface area contributed by atoms with Crippen LogP contribution in [0.2, 0.25) is 0 Å². The smallest absolute Gasteiger partial charge is 0.249 e. The van der Waals surface area contributed by atoms with Crippen LogP contribution >= 0.6 is 15.9 Å². The Bertz CT molecular complexity index is 1610. The molecule has 8 nitrogen and oxygen atoms in total. The molecular weight excluding hydrogens is 658 g/mol. The van der Waals surface area contributed by atoms with E-state index in [1.165, 1.54) is 4.90 Å². The first-order valence-electron chi connectivity index (χ1n) is 16.0. The van der Waals surface area contributed by atoms with E-state index in [9.17, 15) is 19.5 Å². The number of alkyl halides is 1. The molecule has 0 saturated carbocycles. The molecule has 0 radical (unpaired) electrons. The zero-order valence-electron chi connectivity index (χ0n) is 26.2. The van der Waals surface area contributed by atoms with Gasteiger partial charge in [-0.05, 0) is 23.1 Å². The maximum absolute atomic E-state index is 14.9. The van der Waals surface area contributed by atoms with Crippen LogP contribution < -0.4 is 0 Å². The first kappa shape index (κ1) is 32.9. The summed E-state index contributed by atoms with van der Waals surface area (Å²) in [6.07, 6.45) is 3.11. The summed E-state index contributed by atoms with van der Waals surface area (Å²) in [6.45, 7) is 8.56. The van der Waals surface area contributed by atoms with Gasteiger partial charge < -0.3 is 24.5 Å². The van der Waals surface area contributed by atoms with Gasteiger partial charge in [-0.1, -0.05) is 119 Å². The number of aliphatic hydroxyl groups excluding tert-OH is 1. The molecule has 7 atom stereocenters. The van der Waals surface area contributed by atoms with Gasteiger partial charge in [0.25, 0.3) is 0 Å². The Morgan fingerprint density at radius 3 is 1.91 bits per heavy atom. The highest BCUT2D eigenvalue weighted by atomic mass is 79.9. The van der Waals surface area contributed by atoms with Gasteiger partial charge in [-0.2, -0.15) is 0 Å². The summed E-state index contributed by atoms with van der Waals surface area (Å²) >= 11 is 3.79. The fourth-order valence-electron chi connectivity index (χ4n) is 7.76. The van der Waals surface area contributed by atoms with Crippen LogP contribution in [0, 0.1) is 11.8 Å². The fourth-order valence-corrected chi connectivity index (χ4v) is 8.70. The number of benzene rings is 3. The number of halogens is 1. The molecule has 9 heteroatoms. The van der Waals surface area contributed by atoms with Crippen molar-refractivity contribution in [3.05, 3.63) is 133 Å². The Morgan fingerprint density at radius 2 is 1.40 bits per heavy atom. The van der Waals surface area contributed by atoms with Crippen molar-refractivity contribution in [1.82, 2.24) is 14.7 Å². The number of likely N-dealkylation sites (tertiary alicyclic amines) is 1. The molecule has 3 aromatic carbocycles. The van der Waals surface area contributed by atoms with Crippen LogP contribution in [0.4, 0.5) is 0 Å². The first-order valence-corrected chi connectivity index (χ1v) is 16.9. The SMILES string of the molecule is C=CCN(Cc1ccccc1)C(=O)C1N([C@H](CO)c2ccccc2)C(=O)[C@@H]2[C@H](C(=O)N(CC=C)Cc3ccccc3)[C@H]3OC12CC3Br. The van der Waals surface area contributed by atoms with Crippen LogP contribution in [0.3, 0.4) is 0 Å². The largest absolute Gasteiger partial charge is 0.394 e. The lowest BCUT2D eigenvalue weighted by atomic mass is 9.70. The van der Waals surface area contributed by atoms with E-state index < -0.39 is 42.2 Å². The van der Waals surface area contributed by atoms with Crippen molar-refractivity contribution >= 4 is 33.7 Å². The van der Waals surface area contributed by atoms with Gasteiger partial charge in [-0.15, -0.1) is 13.2 Å². The second-order valence-corrected chi connectivity index (χ2v) is 13.7. The molecule has 3 aliphatic heterocycles. The van der Waals surface area contributed by atoms with Crippen molar-refractivity contribution in [2.45, 2.75) is 48.1 Å². The van der Waals surface area contributed by atoms with E-state index in [4.69, 9.17) is 4.74 Å². The molecule has 6 rings (SSSR count). The third-order valence-electron chi connectivity index (χ3n) is 9.69. The molecule has 2 bridgehead atoms. The highest BCUT2D eigenvalue weighted by Crippen LogP contribution is 2.61. The third-order valence-corrected chi connectivity index (χ3v) is 10.5. The number of hydrogen-bond donors (Lipinski definition) is 1. The lowest BCUT2D eigenvalue weighted by Crippen LogP contribution is -2.57. The summed E-state index contributed by atoms with van der Waals surface area (Å²) in [5.74, 6) is -2.63. The Kier molecular flexibility index (Phi) is 9.77. The van der Waals surface area contributed by atoms with E-state index in [0.29, 0.717) is 25.1 Å². The second kappa shape index (κ2) is 14.0. The minimum absolute atomic E-state index is 0.219. The summed E-state index contributed by atoms with van der Waals surface area (Å²) in [6, 6.07) is 26.7. The van der Waals surface area contributed by atoms with Crippen LogP contribution in [0.1, 0.15) is 29.2 Å². The number of nitrogens with zero attached hydrogens (tertiary/aromatic N) is 3. The average molecular weight is 699 g/mol. The summed E-state index contributed by atoms with van der Waals surface area (Å²) in [4.78, 5) is 49.0. The summed E-state index contributed by atoms with van der Waals surface area (Å²) in [7, 11) is 0. The zero-order chi connectivity index (χ0) is 33.1. The van der Waals surface area contributed by atoms with E-state index in [0.717, 1.165) is 11.1 Å². The molecule has 47 heavy (non-hydrogen) atoms. The van der Waals surface area contributed by atoms with Crippen molar-refractivity contribution in [1.29, 1.82) is 0 Å². The maximum Gasteiger partial charge on any atom is 0.249 e. The fraction of sp³-hybridized carbons (Fsp3) is 0.342. The van der Waals surface area contributed by atoms with Gasteiger partial charge in [0.05, 0.1) is 30.6 Å². The Morgan fingerprint density at radius 1 is 0.894 bits per heavy atom. The van der Waals surface area contributed by atoms with Gasteiger partial charge in [0.15, 0.2) is 0 Å². The van der Waals surface area contributed by atoms with Crippen LogP contribution in [-0.2, 0) is 32.2 Å². The number of aliphatic hydroxyl groups is 1. The molecule has 3 saturated heterocycles. The molecule has 244 valence electrons. The summed E-state index contributed by atoms with van der Waals surface area (Å²) < 4.78 is 6.81. The number of ether oxygens (including phenoxy) is 1. The number of hydrogen-bond acceptors (Lipinski definition) is 5. The molecule has 3 amide bonds. The molecule has 3 aliphatic rings. The molecule has 3 fully saturated rings. The lowest BCUT2D eigenvalue weighted by molar-refractivity contribution is -0.152. The van der Waals surface area contributed by atoms with Crippen molar-refractivity contribution in [2.75, 3.05) is 19.7 Å². The number of carbonyl (C=O) groups excluding carboxylic acids is 3. The van der Waals surface area contributed by atoms with Crippen molar-refractivity contribution in [3.63, 3.8) is 0 Å². The first-order chi connectivity index (χ1) is 22.8. The van der Waals surface area contributed by atoms with Crippen LogP contribution in [-0.4, -0.2) is 79.8 Å². The summed E-state index contributed by atoms with van der Waals surface area (Å²) in [5, 5.41) is 10.8. The third kappa shape index (κ3) is 5.96. The maximum atomic E-state index is 14.9. The normalized spacial score (nSPS) is 26.5. The number of amides is 3. The molecular formula is C38H40BrN3O5. The quantitative estimate of drug-likeness (QED) is 0.203. The standard InChI is InChI=1S/C38H40BrN3O5/c1-3-20-40(23-26-14-8-5-9-15-26)35(44)31-32-36(45)42(30(25-43)28-18-12-7-13-19-28)34(38(32)22-29(39)33(31)47-38)37(46)41(21-4-2)24-27-16-10-6-11-17-27/h3-19,29-34,43H,1-2,20-25H2/t29?,30-,31+,32+,33+,34?,38?/m1/s1. The van der Waals surface area contributed by atoms with Gasteiger partial charge in [0.2, 0.25) is 17.7 Å². The molecule has 0 aromatic heterocycles. The van der Waals surface area contributed by atoms with E-state index >= 15 is 0 Å². The number of rotatable bonds is 13. The van der Waals surface area contributed by atoms with E-state index in [1.807, 2.05) is 91.0 Å². The molecule has 3 aromatic rings. The Hall–Kier alpha value is -4.05. The van der Waals surface area contributed by atoms with Crippen molar-refractivity contribution < 1.29 is 24.2 Å². The van der Waals surface area contributed by atoms with Gasteiger partial charge in [-0.25, -0.2) is 0 Å². The number of fused-ring (bicyclic) bond motifs is 1. The van der Waals surface area contributed by atoms with Crippen LogP contribution in [0.15, 0.2) is 116 Å². The van der Waals surface area contributed by atoms with Gasteiger partial charge in [0, 0.05) is 31.0 Å². The van der Waals surface area contributed by atoms with Crippen molar-refractivity contribution in [3.8, 4) is 0 Å². The second-order valence-electron chi connectivity index (χ2n) is 12.5.